The highest BCUT2D eigenvalue weighted by molar-refractivity contribution is 14.1. The number of likely N-dealkylation sites (tertiary alicyclic amines) is 1. The van der Waals surface area contributed by atoms with Crippen molar-refractivity contribution >= 4 is 22.6 Å². The van der Waals surface area contributed by atoms with Crippen LogP contribution in [0, 0.1) is 20.8 Å². The van der Waals surface area contributed by atoms with E-state index in [1.165, 1.54) is 3.57 Å². The summed E-state index contributed by atoms with van der Waals surface area (Å²) in [7, 11) is 1.66. The van der Waals surface area contributed by atoms with Crippen LogP contribution in [-0.2, 0) is 6.54 Å². The summed E-state index contributed by atoms with van der Waals surface area (Å²) in [5.41, 5.74) is 1.15. The topological polar surface area (TPSA) is 49.1 Å². The Balaban J connectivity index is 2.04. The number of aromatic nitrogens is 1. The van der Waals surface area contributed by atoms with Gasteiger partial charge < -0.3 is 4.74 Å². The Morgan fingerprint density at radius 1 is 1.56 bits per heavy atom. The molecule has 1 saturated heterocycles. The predicted molar refractivity (Wildman–Crippen MR) is 77.1 cm³/mol. The van der Waals surface area contributed by atoms with Crippen molar-refractivity contribution in [2.45, 2.75) is 19.4 Å². The molecule has 0 aromatic carbocycles. The minimum atomic E-state index is 0.233. The third-order valence-corrected chi connectivity index (χ3v) is 4.31. The first kappa shape index (κ1) is 13.6. The summed E-state index contributed by atoms with van der Waals surface area (Å²) >= 11 is 2.32. The molecule has 0 radical (unpaired) electrons. The Labute approximate surface area is 121 Å². The second-order valence-corrected chi connectivity index (χ2v) is 5.62. The molecule has 5 heteroatoms. The number of piperidine rings is 1. The molecular weight excluding hydrogens is 341 g/mol. The minimum absolute atomic E-state index is 0.233. The van der Waals surface area contributed by atoms with E-state index in [4.69, 9.17) is 10.00 Å². The highest BCUT2D eigenvalue weighted by atomic mass is 127. The second kappa shape index (κ2) is 6.34. The Kier molecular flexibility index (Phi) is 4.78. The fourth-order valence-corrected chi connectivity index (χ4v) is 2.78. The van der Waals surface area contributed by atoms with Gasteiger partial charge in [-0.25, -0.2) is 4.98 Å². The number of ether oxygens (including phenoxy) is 1. The molecule has 1 aliphatic heterocycles. The summed E-state index contributed by atoms with van der Waals surface area (Å²) in [6, 6.07) is 4.36. The van der Waals surface area contributed by atoms with Gasteiger partial charge in [-0.15, -0.1) is 0 Å². The van der Waals surface area contributed by atoms with Gasteiger partial charge >= 0.3 is 0 Å². The Bertz CT molecular complexity index is 450. The summed E-state index contributed by atoms with van der Waals surface area (Å²) < 4.78 is 6.50. The quantitative estimate of drug-likeness (QED) is 0.780. The molecule has 0 aliphatic carbocycles. The van der Waals surface area contributed by atoms with Crippen molar-refractivity contribution in [2.24, 2.45) is 5.92 Å². The summed E-state index contributed by atoms with van der Waals surface area (Å²) in [6.07, 6.45) is 3.71. The summed E-state index contributed by atoms with van der Waals surface area (Å²) in [4.78, 5) is 6.62. The van der Waals surface area contributed by atoms with Crippen LogP contribution in [-0.4, -0.2) is 30.1 Å². The highest BCUT2D eigenvalue weighted by Crippen LogP contribution is 2.25. The predicted octanol–water partition coefficient (Wildman–Crippen LogP) is 2.43. The number of methoxy groups -OCH3 is 1. The molecule has 0 N–H and O–H groups in total. The van der Waals surface area contributed by atoms with Gasteiger partial charge in [-0.3, -0.25) is 4.90 Å². The number of pyridine rings is 1. The number of halogens is 1. The maximum Gasteiger partial charge on any atom is 0.218 e. The molecule has 0 saturated carbocycles. The maximum atomic E-state index is 8.89. The Morgan fingerprint density at radius 2 is 2.28 bits per heavy atom. The van der Waals surface area contributed by atoms with Gasteiger partial charge in [0.2, 0.25) is 5.88 Å². The van der Waals surface area contributed by atoms with Crippen LogP contribution in [0.1, 0.15) is 18.4 Å². The van der Waals surface area contributed by atoms with Crippen molar-refractivity contribution in [3.05, 3.63) is 21.4 Å². The lowest BCUT2D eigenvalue weighted by Crippen LogP contribution is -2.33. The van der Waals surface area contributed by atoms with Crippen LogP contribution in [0.2, 0.25) is 0 Å². The molecule has 0 spiro atoms. The van der Waals surface area contributed by atoms with E-state index in [0.717, 1.165) is 38.0 Å². The smallest absolute Gasteiger partial charge is 0.218 e. The molecular formula is C13H16IN3O. The lowest BCUT2D eigenvalue weighted by Gasteiger charge is -2.29. The number of hydrogen-bond donors (Lipinski definition) is 0. The first-order chi connectivity index (χ1) is 8.74. The standard InChI is InChI=1S/C13H16IN3O/c1-18-13-11(12(14)2-5-16-13)9-17-6-3-10(8-15)4-7-17/h2,5,10H,3-4,6-7,9H2,1H3. The van der Waals surface area contributed by atoms with E-state index in [0.29, 0.717) is 5.88 Å². The molecule has 0 unspecified atom stereocenters. The average Bonchev–Trinajstić information content (AvgIpc) is 2.42. The first-order valence-electron chi connectivity index (χ1n) is 6.04. The molecule has 1 aromatic rings. The van der Waals surface area contributed by atoms with Gasteiger partial charge in [-0.1, -0.05) is 0 Å². The zero-order chi connectivity index (χ0) is 13.0. The zero-order valence-electron chi connectivity index (χ0n) is 10.4. The van der Waals surface area contributed by atoms with Crippen molar-refractivity contribution < 1.29 is 4.74 Å². The van der Waals surface area contributed by atoms with Gasteiger partial charge in [0, 0.05) is 27.8 Å². The van der Waals surface area contributed by atoms with Crippen LogP contribution in [0.5, 0.6) is 5.88 Å². The van der Waals surface area contributed by atoms with Crippen LogP contribution in [0.4, 0.5) is 0 Å². The summed E-state index contributed by atoms with van der Waals surface area (Å²) in [5, 5.41) is 8.89. The van der Waals surface area contributed by atoms with Gasteiger partial charge in [-0.05, 0) is 54.6 Å². The minimum Gasteiger partial charge on any atom is -0.481 e. The van der Waals surface area contributed by atoms with Gasteiger partial charge in [-0.2, -0.15) is 5.26 Å². The third kappa shape index (κ3) is 3.12. The maximum absolute atomic E-state index is 8.89. The third-order valence-electron chi connectivity index (χ3n) is 3.30. The number of rotatable bonds is 3. The van der Waals surface area contributed by atoms with Crippen molar-refractivity contribution in [1.29, 1.82) is 5.26 Å². The zero-order valence-corrected chi connectivity index (χ0v) is 12.6. The fourth-order valence-electron chi connectivity index (χ4n) is 2.21. The van der Waals surface area contributed by atoms with Crippen LogP contribution < -0.4 is 4.74 Å². The lowest BCUT2D eigenvalue weighted by atomic mass is 9.98. The van der Waals surface area contributed by atoms with Crippen LogP contribution in [0.15, 0.2) is 12.3 Å². The number of nitrogens with zero attached hydrogens (tertiary/aromatic N) is 3. The van der Waals surface area contributed by atoms with Crippen molar-refractivity contribution in [3.63, 3.8) is 0 Å². The molecule has 2 heterocycles. The van der Waals surface area contributed by atoms with Gasteiger partial charge in [0.25, 0.3) is 0 Å². The monoisotopic (exact) mass is 357 g/mol. The summed E-state index contributed by atoms with van der Waals surface area (Å²) in [6.45, 7) is 2.81. The van der Waals surface area contributed by atoms with Gasteiger partial charge in [0.15, 0.2) is 0 Å². The van der Waals surface area contributed by atoms with E-state index in [1.54, 1.807) is 13.3 Å². The van der Waals surface area contributed by atoms with E-state index in [9.17, 15) is 0 Å². The molecule has 4 nitrogen and oxygen atoms in total. The van der Waals surface area contributed by atoms with E-state index in [-0.39, 0.29) is 5.92 Å². The van der Waals surface area contributed by atoms with Crippen LogP contribution in [0.25, 0.3) is 0 Å². The van der Waals surface area contributed by atoms with E-state index >= 15 is 0 Å². The normalized spacial score (nSPS) is 17.4. The van der Waals surface area contributed by atoms with E-state index < -0.39 is 0 Å². The van der Waals surface area contributed by atoms with E-state index in [2.05, 4.69) is 38.5 Å². The first-order valence-corrected chi connectivity index (χ1v) is 7.11. The Hall–Kier alpha value is -0.870. The highest BCUT2D eigenvalue weighted by Gasteiger charge is 2.20. The van der Waals surface area contributed by atoms with Crippen molar-refractivity contribution in [1.82, 2.24) is 9.88 Å². The van der Waals surface area contributed by atoms with Gasteiger partial charge in [0.1, 0.15) is 0 Å². The largest absolute Gasteiger partial charge is 0.481 e. The molecule has 2 rings (SSSR count). The molecule has 0 amide bonds. The van der Waals surface area contributed by atoms with Crippen molar-refractivity contribution in [3.8, 4) is 11.9 Å². The van der Waals surface area contributed by atoms with Crippen molar-refractivity contribution in [2.75, 3.05) is 20.2 Å². The number of hydrogen-bond acceptors (Lipinski definition) is 4. The second-order valence-electron chi connectivity index (χ2n) is 4.46. The average molecular weight is 357 g/mol. The molecule has 1 aliphatic rings. The van der Waals surface area contributed by atoms with Crippen LogP contribution in [0.3, 0.4) is 0 Å². The SMILES string of the molecule is COc1nccc(I)c1CN1CCC(C#N)CC1. The molecule has 96 valence electrons. The molecule has 1 aromatic heterocycles. The summed E-state index contributed by atoms with van der Waals surface area (Å²) in [5.74, 6) is 0.945. The molecule has 1 fully saturated rings. The molecule has 0 bridgehead atoms. The lowest BCUT2D eigenvalue weighted by molar-refractivity contribution is 0.195. The Morgan fingerprint density at radius 3 is 2.89 bits per heavy atom. The molecule has 0 atom stereocenters. The fraction of sp³-hybridized carbons (Fsp3) is 0.538. The van der Waals surface area contributed by atoms with E-state index in [1.807, 2.05) is 6.07 Å². The van der Waals surface area contributed by atoms with Gasteiger partial charge in [0.05, 0.1) is 13.2 Å². The number of nitriles is 1. The molecule has 18 heavy (non-hydrogen) atoms. The van der Waals surface area contributed by atoms with Crippen LogP contribution >= 0.6 is 22.6 Å².